The lowest BCUT2D eigenvalue weighted by Gasteiger charge is -2.49. The SMILES string of the molecule is CN1CC2(CCN(CCC(=O)O)CC2)CC(c2ccccc2)C1=O. The molecule has 5 heteroatoms. The van der Waals surface area contributed by atoms with Crippen molar-refractivity contribution in [2.24, 2.45) is 5.41 Å². The van der Waals surface area contributed by atoms with Gasteiger partial charge in [-0.25, -0.2) is 0 Å². The largest absolute Gasteiger partial charge is 0.481 e. The van der Waals surface area contributed by atoms with Crippen molar-refractivity contribution in [1.82, 2.24) is 9.80 Å². The van der Waals surface area contributed by atoms with Crippen molar-refractivity contribution in [3.05, 3.63) is 35.9 Å². The minimum atomic E-state index is -0.734. The third-order valence-corrected chi connectivity index (χ3v) is 5.64. The maximum atomic E-state index is 12.6. The highest BCUT2D eigenvalue weighted by molar-refractivity contribution is 5.84. The van der Waals surface area contributed by atoms with E-state index < -0.39 is 5.97 Å². The fraction of sp³-hybridized carbons (Fsp3) is 0.579. The molecule has 1 amide bonds. The van der Waals surface area contributed by atoms with E-state index in [1.54, 1.807) is 0 Å². The zero-order valence-electron chi connectivity index (χ0n) is 14.3. The van der Waals surface area contributed by atoms with E-state index in [-0.39, 0.29) is 23.7 Å². The smallest absolute Gasteiger partial charge is 0.304 e. The monoisotopic (exact) mass is 330 g/mol. The number of nitrogens with zero attached hydrogens (tertiary/aromatic N) is 2. The molecule has 1 unspecified atom stereocenters. The number of carboxylic acid groups (broad SMARTS) is 1. The number of carbonyl (C=O) groups excluding carboxylic acids is 1. The van der Waals surface area contributed by atoms with Crippen LogP contribution in [-0.2, 0) is 9.59 Å². The molecule has 0 saturated carbocycles. The third kappa shape index (κ3) is 3.61. The molecule has 2 saturated heterocycles. The summed E-state index contributed by atoms with van der Waals surface area (Å²) >= 11 is 0. The van der Waals surface area contributed by atoms with E-state index in [0.717, 1.165) is 44.5 Å². The van der Waals surface area contributed by atoms with Crippen molar-refractivity contribution in [2.45, 2.75) is 31.6 Å². The molecule has 130 valence electrons. The van der Waals surface area contributed by atoms with Gasteiger partial charge in [0.15, 0.2) is 0 Å². The Bertz CT molecular complexity index is 594. The zero-order chi connectivity index (χ0) is 17.2. The van der Waals surface area contributed by atoms with E-state index in [4.69, 9.17) is 5.11 Å². The van der Waals surface area contributed by atoms with Crippen molar-refractivity contribution in [3.63, 3.8) is 0 Å². The average Bonchev–Trinajstić information content (AvgIpc) is 2.58. The Balaban J connectivity index is 1.68. The first-order chi connectivity index (χ1) is 11.5. The van der Waals surface area contributed by atoms with Crippen LogP contribution in [0.3, 0.4) is 0 Å². The highest BCUT2D eigenvalue weighted by Gasteiger charge is 2.44. The Morgan fingerprint density at radius 3 is 2.54 bits per heavy atom. The molecule has 1 N–H and O–H groups in total. The minimum absolute atomic E-state index is 0.0458. The van der Waals surface area contributed by atoms with Crippen molar-refractivity contribution >= 4 is 11.9 Å². The number of carboxylic acids is 1. The Labute approximate surface area is 143 Å². The first-order valence-corrected chi connectivity index (χ1v) is 8.73. The van der Waals surface area contributed by atoms with Crippen LogP contribution in [0.4, 0.5) is 0 Å². The maximum absolute atomic E-state index is 12.6. The fourth-order valence-corrected chi connectivity index (χ4v) is 4.24. The number of amides is 1. The van der Waals surface area contributed by atoms with Crippen molar-refractivity contribution in [2.75, 3.05) is 33.2 Å². The normalized spacial score (nSPS) is 24.3. The number of hydrogen-bond donors (Lipinski definition) is 1. The molecule has 5 nitrogen and oxygen atoms in total. The zero-order valence-corrected chi connectivity index (χ0v) is 14.3. The molecule has 0 bridgehead atoms. The number of benzene rings is 1. The summed E-state index contributed by atoms with van der Waals surface area (Å²) < 4.78 is 0. The van der Waals surface area contributed by atoms with Crippen LogP contribution in [0.25, 0.3) is 0 Å². The van der Waals surface area contributed by atoms with Gasteiger partial charge in [0.05, 0.1) is 12.3 Å². The van der Waals surface area contributed by atoms with Gasteiger partial charge in [0.25, 0.3) is 0 Å². The van der Waals surface area contributed by atoms with Crippen LogP contribution in [0.1, 0.15) is 37.2 Å². The number of likely N-dealkylation sites (tertiary alicyclic amines) is 2. The van der Waals surface area contributed by atoms with E-state index in [2.05, 4.69) is 17.0 Å². The predicted octanol–water partition coefficient (Wildman–Crippen LogP) is 2.19. The summed E-state index contributed by atoms with van der Waals surface area (Å²) in [5.41, 5.74) is 1.28. The summed E-state index contributed by atoms with van der Waals surface area (Å²) in [5.74, 6) is -0.557. The van der Waals surface area contributed by atoms with Gasteiger partial charge in [-0.3, -0.25) is 9.59 Å². The molecule has 1 aromatic carbocycles. The van der Waals surface area contributed by atoms with Gasteiger partial charge in [-0.1, -0.05) is 30.3 Å². The molecular weight excluding hydrogens is 304 g/mol. The Hall–Kier alpha value is -1.88. The predicted molar refractivity (Wildman–Crippen MR) is 91.8 cm³/mol. The van der Waals surface area contributed by atoms with E-state index in [1.165, 1.54) is 0 Å². The lowest BCUT2D eigenvalue weighted by Crippen LogP contribution is -2.52. The number of likely N-dealkylation sites (N-methyl/N-ethyl adjacent to an activating group) is 1. The summed E-state index contributed by atoms with van der Waals surface area (Å²) in [7, 11) is 1.91. The summed E-state index contributed by atoms with van der Waals surface area (Å²) in [4.78, 5) is 27.5. The molecule has 1 aromatic rings. The van der Waals surface area contributed by atoms with Gasteiger partial charge >= 0.3 is 5.97 Å². The fourth-order valence-electron chi connectivity index (χ4n) is 4.24. The van der Waals surface area contributed by atoms with Crippen LogP contribution in [0, 0.1) is 5.41 Å². The molecule has 0 radical (unpaired) electrons. The van der Waals surface area contributed by atoms with Crippen molar-refractivity contribution in [3.8, 4) is 0 Å². The molecule has 2 heterocycles. The van der Waals surface area contributed by atoms with E-state index in [9.17, 15) is 9.59 Å². The molecule has 1 atom stereocenters. The van der Waals surface area contributed by atoms with Crippen LogP contribution in [-0.4, -0.2) is 60.0 Å². The van der Waals surface area contributed by atoms with Crippen LogP contribution in [0.5, 0.6) is 0 Å². The Kier molecular flexibility index (Phi) is 4.90. The molecule has 2 fully saturated rings. The molecule has 24 heavy (non-hydrogen) atoms. The summed E-state index contributed by atoms with van der Waals surface area (Å²) in [6.07, 6.45) is 3.19. The molecule has 2 aliphatic heterocycles. The van der Waals surface area contributed by atoms with E-state index in [1.807, 2.05) is 30.1 Å². The lowest BCUT2D eigenvalue weighted by molar-refractivity contribution is -0.141. The molecule has 2 aliphatic rings. The first-order valence-electron chi connectivity index (χ1n) is 8.73. The van der Waals surface area contributed by atoms with Gasteiger partial charge in [0.2, 0.25) is 5.91 Å². The molecule has 1 spiro atoms. The molecular formula is C19H26N2O3. The van der Waals surface area contributed by atoms with Crippen LogP contribution in [0.15, 0.2) is 30.3 Å². The lowest BCUT2D eigenvalue weighted by atomic mass is 9.67. The topological polar surface area (TPSA) is 60.9 Å². The van der Waals surface area contributed by atoms with Crippen LogP contribution < -0.4 is 0 Å². The van der Waals surface area contributed by atoms with Crippen molar-refractivity contribution < 1.29 is 14.7 Å². The molecule has 0 aliphatic carbocycles. The highest BCUT2D eigenvalue weighted by Crippen LogP contribution is 2.45. The highest BCUT2D eigenvalue weighted by atomic mass is 16.4. The summed E-state index contributed by atoms with van der Waals surface area (Å²) in [6, 6.07) is 10.1. The summed E-state index contributed by atoms with van der Waals surface area (Å²) in [5, 5.41) is 8.84. The van der Waals surface area contributed by atoms with Gasteiger partial charge in [0.1, 0.15) is 0 Å². The van der Waals surface area contributed by atoms with Gasteiger partial charge in [-0.2, -0.15) is 0 Å². The van der Waals surface area contributed by atoms with Crippen LogP contribution in [0.2, 0.25) is 0 Å². The van der Waals surface area contributed by atoms with Gasteiger partial charge in [-0.05, 0) is 43.3 Å². The standard InChI is InChI=1S/C19H26N2O3/c1-20-14-19(8-11-21(12-9-19)10-7-17(22)23)13-16(18(20)24)15-5-3-2-4-6-15/h2-6,16H,7-14H2,1H3,(H,22,23). The maximum Gasteiger partial charge on any atom is 0.304 e. The van der Waals surface area contributed by atoms with Crippen molar-refractivity contribution in [1.29, 1.82) is 0 Å². The number of piperidine rings is 2. The van der Waals surface area contributed by atoms with Gasteiger partial charge in [0, 0.05) is 20.1 Å². The molecule has 0 aromatic heterocycles. The van der Waals surface area contributed by atoms with Crippen LogP contribution >= 0.6 is 0 Å². The number of aliphatic carboxylic acids is 1. The second-order valence-electron chi connectivity index (χ2n) is 7.35. The van der Waals surface area contributed by atoms with E-state index in [0.29, 0.717) is 6.54 Å². The van der Waals surface area contributed by atoms with Gasteiger partial charge < -0.3 is 14.9 Å². The second kappa shape index (κ2) is 6.93. The Morgan fingerprint density at radius 2 is 1.92 bits per heavy atom. The average molecular weight is 330 g/mol. The number of hydrogen-bond acceptors (Lipinski definition) is 3. The Morgan fingerprint density at radius 1 is 1.25 bits per heavy atom. The summed E-state index contributed by atoms with van der Waals surface area (Å²) in [6.45, 7) is 3.30. The van der Waals surface area contributed by atoms with E-state index >= 15 is 0 Å². The van der Waals surface area contributed by atoms with Gasteiger partial charge in [-0.15, -0.1) is 0 Å². The third-order valence-electron chi connectivity index (χ3n) is 5.64. The minimum Gasteiger partial charge on any atom is -0.481 e. The molecule has 3 rings (SSSR count). The number of carbonyl (C=O) groups is 2. The quantitative estimate of drug-likeness (QED) is 0.919. The first kappa shape index (κ1) is 17.0. The number of rotatable bonds is 4. The second-order valence-corrected chi connectivity index (χ2v) is 7.35.